The number of hydrogen-bond acceptors (Lipinski definition) is 4. The average molecular weight is 506 g/mol. The Morgan fingerprint density at radius 2 is 1.92 bits per heavy atom. The van der Waals surface area contributed by atoms with Crippen LogP contribution in [0.4, 0.5) is 0 Å². The maximum absolute atomic E-state index is 13.0. The highest BCUT2D eigenvalue weighted by molar-refractivity contribution is 5.94. The Labute approximate surface area is 217 Å². The van der Waals surface area contributed by atoms with E-state index < -0.39 is 11.9 Å². The van der Waals surface area contributed by atoms with Crippen LogP contribution in [-0.2, 0) is 29.0 Å². The number of carbonyl (C=O) groups is 3. The number of carboxylic acid groups (broad SMARTS) is 1. The Bertz CT molecular complexity index is 1150. The van der Waals surface area contributed by atoms with Gasteiger partial charge < -0.3 is 26.0 Å². The number of carbonyl (C=O) groups excluding carboxylic acids is 2. The van der Waals surface area contributed by atoms with E-state index in [1.54, 1.807) is 4.90 Å². The van der Waals surface area contributed by atoms with Gasteiger partial charge in [-0.25, -0.2) is 0 Å². The Balaban J connectivity index is 1.33. The van der Waals surface area contributed by atoms with Crippen molar-refractivity contribution in [3.05, 3.63) is 70.8 Å². The minimum Gasteiger partial charge on any atom is -0.481 e. The molecule has 5 N–H and O–H groups in total. The van der Waals surface area contributed by atoms with Crippen molar-refractivity contribution in [1.82, 2.24) is 15.1 Å². The molecule has 9 heteroatoms. The second-order valence-corrected chi connectivity index (χ2v) is 9.89. The molecular weight excluding hydrogens is 470 g/mol. The molecule has 2 amide bonds. The predicted octanol–water partition coefficient (Wildman–Crippen LogP) is 2.38. The summed E-state index contributed by atoms with van der Waals surface area (Å²) in [5.74, 6) is -1.74. The summed E-state index contributed by atoms with van der Waals surface area (Å²) in [7, 11) is 0. The number of aliphatic carboxylic acids is 1. The van der Waals surface area contributed by atoms with Gasteiger partial charge in [0.2, 0.25) is 5.91 Å². The highest BCUT2D eigenvalue weighted by atomic mass is 16.4. The fourth-order valence-electron chi connectivity index (χ4n) is 5.38. The number of likely N-dealkylation sites (tertiary alicyclic amines) is 1. The van der Waals surface area contributed by atoms with E-state index in [-0.39, 0.29) is 30.2 Å². The summed E-state index contributed by atoms with van der Waals surface area (Å²) < 4.78 is 0. The van der Waals surface area contributed by atoms with Crippen LogP contribution in [0.3, 0.4) is 0 Å². The fraction of sp³-hybridized carbons (Fsp3) is 0.429. The molecular formula is C28H35N5O4. The summed E-state index contributed by atoms with van der Waals surface area (Å²) in [6.07, 6.45) is 3.32. The highest BCUT2D eigenvalue weighted by Crippen LogP contribution is 2.29. The summed E-state index contributed by atoms with van der Waals surface area (Å²) in [6, 6.07) is 15.6. The normalized spacial score (nSPS) is 19.0. The molecule has 196 valence electrons. The van der Waals surface area contributed by atoms with E-state index in [0.717, 1.165) is 30.4 Å². The first-order valence-corrected chi connectivity index (χ1v) is 12.9. The Kier molecular flexibility index (Phi) is 8.43. The number of hydrogen-bond donors (Lipinski definition) is 4. The van der Waals surface area contributed by atoms with Crippen LogP contribution in [0.1, 0.15) is 52.7 Å². The maximum atomic E-state index is 13.0. The molecule has 0 radical (unpaired) electrons. The number of carboxylic acids is 1. The van der Waals surface area contributed by atoms with Crippen molar-refractivity contribution in [2.45, 2.75) is 51.1 Å². The molecule has 2 aliphatic heterocycles. The third-order valence-electron chi connectivity index (χ3n) is 7.34. The number of nitrogens with one attached hydrogen (secondary N) is 2. The Morgan fingerprint density at radius 3 is 2.65 bits per heavy atom. The minimum absolute atomic E-state index is 0.0288. The number of fused-ring (bicyclic) bond motifs is 1. The van der Waals surface area contributed by atoms with Gasteiger partial charge in [0.25, 0.3) is 5.91 Å². The molecule has 37 heavy (non-hydrogen) atoms. The van der Waals surface area contributed by atoms with Gasteiger partial charge in [-0.05, 0) is 60.9 Å². The van der Waals surface area contributed by atoms with Crippen molar-refractivity contribution in [1.29, 1.82) is 5.41 Å². The van der Waals surface area contributed by atoms with E-state index in [2.05, 4.69) is 17.4 Å². The van der Waals surface area contributed by atoms with Gasteiger partial charge in [0, 0.05) is 37.8 Å². The summed E-state index contributed by atoms with van der Waals surface area (Å²) in [5, 5.41) is 19.9. The van der Waals surface area contributed by atoms with Crippen molar-refractivity contribution in [3.8, 4) is 0 Å². The molecule has 2 heterocycles. The van der Waals surface area contributed by atoms with Gasteiger partial charge >= 0.3 is 5.97 Å². The monoisotopic (exact) mass is 505 g/mol. The predicted molar refractivity (Wildman–Crippen MR) is 140 cm³/mol. The first-order valence-electron chi connectivity index (χ1n) is 12.9. The lowest BCUT2D eigenvalue weighted by molar-refractivity contribution is -0.142. The largest absolute Gasteiger partial charge is 0.481 e. The molecule has 0 bridgehead atoms. The lowest BCUT2D eigenvalue weighted by Crippen LogP contribution is -2.40. The first-order chi connectivity index (χ1) is 17.8. The molecule has 4 rings (SSSR count). The smallest absolute Gasteiger partial charge is 0.304 e. The number of aryl methyl sites for hydroxylation is 1. The zero-order valence-corrected chi connectivity index (χ0v) is 21.0. The Hall–Kier alpha value is -3.88. The molecule has 0 saturated carbocycles. The van der Waals surface area contributed by atoms with Crippen molar-refractivity contribution < 1.29 is 19.5 Å². The number of amides is 2. The van der Waals surface area contributed by atoms with Crippen LogP contribution in [0.25, 0.3) is 0 Å². The zero-order chi connectivity index (χ0) is 26.4. The number of nitrogens with zero attached hydrogens (tertiary/aromatic N) is 2. The van der Waals surface area contributed by atoms with Gasteiger partial charge in [-0.15, -0.1) is 0 Å². The number of nitrogens with two attached hydrogens (primary N) is 1. The quantitative estimate of drug-likeness (QED) is 0.289. The third-order valence-corrected chi connectivity index (χ3v) is 7.34. The molecule has 0 aromatic heterocycles. The standard InChI is InChI=1S/C28H35N5O4/c29-28(30)32-14-11-20-8-9-21(15-23(20)18-32)26(36)31-12-10-24-16-22(17-25(34)35)27(37)33(24)13-4-7-19-5-2-1-3-6-19/h1-3,5-6,8-9,15,22,24H,4,7,10-14,16-18H2,(H3,29,30)(H,31,36)(H,34,35)/t22-,24+/m0/s1. The zero-order valence-electron chi connectivity index (χ0n) is 21.0. The second kappa shape index (κ2) is 11.9. The van der Waals surface area contributed by atoms with Crippen LogP contribution in [0, 0.1) is 11.3 Å². The van der Waals surface area contributed by atoms with E-state index in [0.29, 0.717) is 44.6 Å². The van der Waals surface area contributed by atoms with Crippen LogP contribution in [0.15, 0.2) is 48.5 Å². The topological polar surface area (TPSA) is 140 Å². The van der Waals surface area contributed by atoms with E-state index in [4.69, 9.17) is 11.1 Å². The highest BCUT2D eigenvalue weighted by Gasteiger charge is 2.39. The molecule has 0 unspecified atom stereocenters. The molecule has 1 fully saturated rings. The molecule has 0 aliphatic carbocycles. The third kappa shape index (κ3) is 6.67. The summed E-state index contributed by atoms with van der Waals surface area (Å²) >= 11 is 0. The lowest BCUT2D eigenvalue weighted by Gasteiger charge is -2.29. The van der Waals surface area contributed by atoms with Crippen molar-refractivity contribution >= 4 is 23.7 Å². The van der Waals surface area contributed by atoms with Crippen LogP contribution < -0.4 is 11.1 Å². The second-order valence-electron chi connectivity index (χ2n) is 9.89. The van der Waals surface area contributed by atoms with Crippen molar-refractivity contribution in [3.63, 3.8) is 0 Å². The SMILES string of the molecule is N=C(N)N1CCc2ccc(C(=O)NCC[C@@H]3C[C@@H](CC(=O)O)C(=O)N3CCCc3ccccc3)cc2C1. The molecule has 1 saturated heterocycles. The average Bonchev–Trinajstić information content (AvgIpc) is 3.17. The van der Waals surface area contributed by atoms with Gasteiger partial charge in [0.15, 0.2) is 5.96 Å². The van der Waals surface area contributed by atoms with Gasteiger partial charge in [-0.2, -0.15) is 0 Å². The molecule has 2 aromatic carbocycles. The van der Waals surface area contributed by atoms with E-state index in [1.165, 1.54) is 5.56 Å². The van der Waals surface area contributed by atoms with E-state index in [9.17, 15) is 19.5 Å². The summed E-state index contributed by atoms with van der Waals surface area (Å²) in [6.45, 7) is 2.17. The Morgan fingerprint density at radius 1 is 1.14 bits per heavy atom. The fourth-order valence-corrected chi connectivity index (χ4v) is 5.38. The number of benzene rings is 2. The molecule has 9 nitrogen and oxygen atoms in total. The molecule has 2 atom stereocenters. The van der Waals surface area contributed by atoms with Crippen LogP contribution in [-0.4, -0.2) is 64.3 Å². The van der Waals surface area contributed by atoms with Gasteiger partial charge in [-0.3, -0.25) is 19.8 Å². The van der Waals surface area contributed by atoms with E-state index in [1.807, 2.05) is 41.3 Å². The lowest BCUT2D eigenvalue weighted by atomic mass is 9.97. The van der Waals surface area contributed by atoms with Crippen molar-refractivity contribution in [2.24, 2.45) is 11.7 Å². The van der Waals surface area contributed by atoms with Crippen LogP contribution >= 0.6 is 0 Å². The van der Waals surface area contributed by atoms with Crippen LogP contribution in [0.5, 0.6) is 0 Å². The molecule has 2 aromatic rings. The maximum Gasteiger partial charge on any atom is 0.304 e. The van der Waals surface area contributed by atoms with Gasteiger partial charge in [-0.1, -0.05) is 36.4 Å². The number of guanidine groups is 1. The first kappa shape index (κ1) is 26.2. The minimum atomic E-state index is -0.965. The van der Waals surface area contributed by atoms with Gasteiger partial charge in [0.05, 0.1) is 12.3 Å². The van der Waals surface area contributed by atoms with Crippen LogP contribution in [0.2, 0.25) is 0 Å². The van der Waals surface area contributed by atoms with E-state index >= 15 is 0 Å². The summed E-state index contributed by atoms with van der Waals surface area (Å²) in [5.41, 5.74) is 9.55. The number of rotatable bonds is 10. The molecule has 0 spiro atoms. The summed E-state index contributed by atoms with van der Waals surface area (Å²) in [4.78, 5) is 40.7. The van der Waals surface area contributed by atoms with Crippen molar-refractivity contribution in [2.75, 3.05) is 19.6 Å². The molecule has 2 aliphatic rings. The van der Waals surface area contributed by atoms with Gasteiger partial charge in [0.1, 0.15) is 0 Å².